The Kier molecular flexibility index (Phi) is 3.63. The highest BCUT2D eigenvalue weighted by Crippen LogP contribution is 2.31. The van der Waals surface area contributed by atoms with Gasteiger partial charge >= 0.3 is 0 Å². The van der Waals surface area contributed by atoms with Gasteiger partial charge in [-0.3, -0.25) is 5.10 Å². The van der Waals surface area contributed by atoms with E-state index in [4.69, 9.17) is 4.42 Å². The van der Waals surface area contributed by atoms with Crippen LogP contribution in [0.25, 0.3) is 22.5 Å². The number of oxazole rings is 1. The predicted octanol–water partition coefficient (Wildman–Crippen LogP) is 3.61. The molecule has 2 heterocycles. The molecule has 0 saturated carbocycles. The summed E-state index contributed by atoms with van der Waals surface area (Å²) in [6, 6.07) is 16.4. The predicted molar refractivity (Wildman–Crippen MR) is 91.5 cm³/mol. The monoisotopic (exact) mass is 319 g/mol. The lowest BCUT2D eigenvalue weighted by Gasteiger charge is -2.04. The number of H-pyrrole nitrogens is 1. The van der Waals surface area contributed by atoms with Crippen LogP contribution in [0.4, 0.5) is 0 Å². The van der Waals surface area contributed by atoms with E-state index in [1.54, 1.807) is 0 Å². The zero-order valence-corrected chi connectivity index (χ0v) is 13.3. The number of aliphatic hydroxyl groups excluding tert-OH is 1. The number of benzene rings is 2. The topological polar surface area (TPSA) is 74.9 Å². The molecule has 2 N–H and O–H groups in total. The Bertz CT molecular complexity index is 986. The molecule has 4 aromatic rings. The van der Waals surface area contributed by atoms with Crippen LogP contribution in [0.2, 0.25) is 0 Å². The van der Waals surface area contributed by atoms with Crippen molar-refractivity contribution in [2.45, 2.75) is 20.0 Å². The fourth-order valence-corrected chi connectivity index (χ4v) is 2.94. The van der Waals surface area contributed by atoms with Gasteiger partial charge in [0.2, 0.25) is 5.89 Å². The van der Waals surface area contributed by atoms with Crippen molar-refractivity contribution in [2.24, 2.45) is 0 Å². The number of aliphatic hydroxyl groups is 1. The van der Waals surface area contributed by atoms with Crippen LogP contribution in [0, 0.1) is 6.92 Å². The lowest BCUT2D eigenvalue weighted by molar-refractivity contribution is 0.247. The molecule has 0 aliphatic heterocycles. The van der Waals surface area contributed by atoms with E-state index in [1.807, 2.05) is 37.3 Å². The van der Waals surface area contributed by atoms with E-state index in [9.17, 15) is 5.11 Å². The van der Waals surface area contributed by atoms with Gasteiger partial charge in [-0.25, -0.2) is 4.98 Å². The minimum atomic E-state index is -0.169. The fraction of sp³-hybridized carbons (Fsp3) is 0.158. The van der Waals surface area contributed by atoms with E-state index in [0.717, 1.165) is 22.9 Å². The first-order valence-corrected chi connectivity index (χ1v) is 7.83. The summed E-state index contributed by atoms with van der Waals surface area (Å²) in [5.41, 5.74) is 4.70. The van der Waals surface area contributed by atoms with Crippen molar-refractivity contribution >= 4 is 10.9 Å². The first-order valence-electron chi connectivity index (χ1n) is 7.83. The first-order chi connectivity index (χ1) is 11.8. The number of aryl methyl sites for hydroxylation is 1. The van der Waals surface area contributed by atoms with Crippen molar-refractivity contribution in [3.8, 4) is 11.6 Å². The van der Waals surface area contributed by atoms with Gasteiger partial charge in [-0.05, 0) is 30.5 Å². The number of hydrogen-bond acceptors (Lipinski definition) is 4. The van der Waals surface area contributed by atoms with Crippen molar-refractivity contribution in [2.75, 3.05) is 0 Å². The number of rotatable bonds is 4. The molecule has 0 aliphatic carbocycles. The molecule has 0 spiro atoms. The number of aromatic amines is 1. The number of nitrogens with zero attached hydrogens (tertiary/aromatic N) is 2. The fourth-order valence-electron chi connectivity index (χ4n) is 2.94. The normalized spacial score (nSPS) is 11.2. The second-order valence-electron chi connectivity index (χ2n) is 5.76. The Balaban J connectivity index is 1.85. The Morgan fingerprint density at radius 3 is 2.67 bits per heavy atom. The second-order valence-corrected chi connectivity index (χ2v) is 5.76. The molecule has 5 heteroatoms. The van der Waals surface area contributed by atoms with E-state index in [-0.39, 0.29) is 6.61 Å². The SMILES string of the molecule is Cc1nc(-c2n[nH]c3cccc(Cc4ccccc4)c23)oc1CO. The van der Waals surface area contributed by atoms with E-state index in [0.29, 0.717) is 23.0 Å². The number of hydrogen-bond donors (Lipinski definition) is 2. The van der Waals surface area contributed by atoms with Gasteiger partial charge in [0.15, 0.2) is 11.5 Å². The van der Waals surface area contributed by atoms with Gasteiger partial charge < -0.3 is 9.52 Å². The summed E-state index contributed by atoms with van der Waals surface area (Å²) in [5.74, 6) is 0.907. The van der Waals surface area contributed by atoms with Crippen LogP contribution in [0.1, 0.15) is 22.6 Å². The third-order valence-electron chi connectivity index (χ3n) is 4.15. The molecule has 0 saturated heterocycles. The summed E-state index contributed by atoms with van der Waals surface area (Å²) < 4.78 is 5.68. The summed E-state index contributed by atoms with van der Waals surface area (Å²) in [5, 5.41) is 17.8. The van der Waals surface area contributed by atoms with Crippen LogP contribution in [0.15, 0.2) is 52.9 Å². The molecule has 0 amide bonds. The molecule has 120 valence electrons. The second kappa shape index (κ2) is 5.94. The van der Waals surface area contributed by atoms with Crippen molar-refractivity contribution < 1.29 is 9.52 Å². The highest BCUT2D eigenvalue weighted by atomic mass is 16.4. The summed E-state index contributed by atoms with van der Waals surface area (Å²) in [6.07, 6.45) is 0.803. The van der Waals surface area contributed by atoms with Crippen LogP contribution < -0.4 is 0 Å². The van der Waals surface area contributed by atoms with Crippen LogP contribution in [0.3, 0.4) is 0 Å². The van der Waals surface area contributed by atoms with E-state index in [1.165, 1.54) is 5.56 Å². The average Bonchev–Trinajstić information content (AvgIpc) is 3.19. The Labute approximate surface area is 139 Å². The molecular formula is C19H17N3O2. The standard InChI is InChI=1S/C19H17N3O2/c1-12-16(11-23)24-19(20-12)18-17-14(8-5-9-15(17)21-22-18)10-13-6-3-2-4-7-13/h2-9,23H,10-11H2,1H3,(H,21,22). The number of nitrogens with one attached hydrogen (secondary N) is 1. The Morgan fingerprint density at radius 1 is 1.08 bits per heavy atom. The quantitative estimate of drug-likeness (QED) is 0.602. The molecule has 0 fully saturated rings. The lowest BCUT2D eigenvalue weighted by Crippen LogP contribution is -1.90. The molecular weight excluding hydrogens is 302 g/mol. The van der Waals surface area contributed by atoms with Crippen LogP contribution in [-0.4, -0.2) is 20.3 Å². The highest BCUT2D eigenvalue weighted by Gasteiger charge is 2.18. The van der Waals surface area contributed by atoms with Gasteiger partial charge in [-0.1, -0.05) is 42.5 Å². The van der Waals surface area contributed by atoms with Crippen molar-refractivity contribution in [1.29, 1.82) is 0 Å². The summed E-state index contributed by atoms with van der Waals surface area (Å²) in [7, 11) is 0. The van der Waals surface area contributed by atoms with Crippen molar-refractivity contribution in [1.82, 2.24) is 15.2 Å². The molecule has 0 unspecified atom stereocenters. The molecule has 0 radical (unpaired) electrons. The molecule has 0 aliphatic rings. The maximum atomic E-state index is 9.33. The Hall–Kier alpha value is -2.92. The molecule has 0 atom stereocenters. The molecule has 2 aromatic carbocycles. The van der Waals surface area contributed by atoms with Gasteiger partial charge in [0.05, 0.1) is 11.2 Å². The van der Waals surface area contributed by atoms with E-state index < -0.39 is 0 Å². The molecule has 24 heavy (non-hydrogen) atoms. The van der Waals surface area contributed by atoms with Crippen molar-refractivity contribution in [3.05, 3.63) is 71.1 Å². The first kappa shape index (κ1) is 14.7. The summed E-state index contributed by atoms with van der Waals surface area (Å²) >= 11 is 0. The zero-order chi connectivity index (χ0) is 16.5. The maximum absolute atomic E-state index is 9.33. The maximum Gasteiger partial charge on any atom is 0.248 e. The largest absolute Gasteiger partial charge is 0.437 e. The van der Waals surface area contributed by atoms with Gasteiger partial charge in [-0.2, -0.15) is 5.10 Å². The summed E-state index contributed by atoms with van der Waals surface area (Å²) in [6.45, 7) is 1.65. The van der Waals surface area contributed by atoms with Crippen molar-refractivity contribution in [3.63, 3.8) is 0 Å². The molecule has 2 aromatic heterocycles. The molecule has 4 rings (SSSR count). The third kappa shape index (κ3) is 2.49. The average molecular weight is 319 g/mol. The van der Waals surface area contributed by atoms with E-state index in [2.05, 4.69) is 33.4 Å². The van der Waals surface area contributed by atoms with Gasteiger partial charge in [0.25, 0.3) is 0 Å². The third-order valence-corrected chi connectivity index (χ3v) is 4.15. The van der Waals surface area contributed by atoms with Crippen LogP contribution in [-0.2, 0) is 13.0 Å². The van der Waals surface area contributed by atoms with Gasteiger partial charge in [0.1, 0.15) is 6.61 Å². The lowest BCUT2D eigenvalue weighted by atomic mass is 10.00. The molecule has 0 bridgehead atoms. The zero-order valence-electron chi connectivity index (χ0n) is 13.3. The minimum absolute atomic E-state index is 0.169. The van der Waals surface area contributed by atoms with Gasteiger partial charge in [-0.15, -0.1) is 0 Å². The van der Waals surface area contributed by atoms with Crippen LogP contribution in [0.5, 0.6) is 0 Å². The number of aromatic nitrogens is 3. The van der Waals surface area contributed by atoms with Crippen LogP contribution >= 0.6 is 0 Å². The Morgan fingerprint density at radius 2 is 1.92 bits per heavy atom. The number of fused-ring (bicyclic) bond motifs is 1. The highest BCUT2D eigenvalue weighted by molar-refractivity contribution is 5.93. The smallest absolute Gasteiger partial charge is 0.248 e. The summed E-state index contributed by atoms with van der Waals surface area (Å²) in [4.78, 5) is 4.41. The molecule has 5 nitrogen and oxygen atoms in total. The minimum Gasteiger partial charge on any atom is -0.437 e. The van der Waals surface area contributed by atoms with Gasteiger partial charge in [0, 0.05) is 5.39 Å². The van der Waals surface area contributed by atoms with E-state index >= 15 is 0 Å².